The number of thiophene rings is 1. The van der Waals surface area contributed by atoms with Crippen LogP contribution in [0.5, 0.6) is 0 Å². The number of hydrogen-bond acceptors (Lipinski definition) is 3. The van der Waals surface area contributed by atoms with Crippen molar-refractivity contribution < 1.29 is 9.18 Å². The quantitative estimate of drug-likeness (QED) is 0.874. The number of carbonyl (C=O) groups excluding carboxylic acids is 1. The second kappa shape index (κ2) is 4.75. The number of likely N-dealkylation sites (tertiary alicyclic amines) is 1. The van der Waals surface area contributed by atoms with Gasteiger partial charge < -0.3 is 10.6 Å². The van der Waals surface area contributed by atoms with Gasteiger partial charge in [0.1, 0.15) is 11.9 Å². The number of amides is 1. The Labute approximate surface area is 114 Å². The van der Waals surface area contributed by atoms with E-state index in [4.69, 9.17) is 5.73 Å². The second-order valence-corrected chi connectivity index (χ2v) is 5.56. The second-order valence-electron chi connectivity index (χ2n) is 4.58. The Morgan fingerprint density at radius 3 is 2.63 bits per heavy atom. The first-order chi connectivity index (χ1) is 9.16. The van der Waals surface area contributed by atoms with Crippen molar-refractivity contribution in [2.24, 2.45) is 5.73 Å². The Morgan fingerprint density at radius 1 is 1.26 bits per heavy atom. The average molecular weight is 276 g/mol. The van der Waals surface area contributed by atoms with Gasteiger partial charge in [0.25, 0.3) is 0 Å². The molecule has 1 saturated heterocycles. The summed E-state index contributed by atoms with van der Waals surface area (Å²) in [6, 6.07) is 9.61. The molecule has 1 amide bonds. The molecule has 1 fully saturated rings. The van der Waals surface area contributed by atoms with Crippen LogP contribution in [0.1, 0.15) is 16.5 Å². The molecule has 2 N–H and O–H groups in total. The summed E-state index contributed by atoms with van der Waals surface area (Å²) in [5, 5.41) is 1.97. The third kappa shape index (κ3) is 2.15. The number of rotatable bonds is 3. The molecule has 2 heterocycles. The van der Waals surface area contributed by atoms with Crippen LogP contribution < -0.4 is 5.73 Å². The van der Waals surface area contributed by atoms with Gasteiger partial charge in [0.2, 0.25) is 5.91 Å². The molecule has 0 aliphatic carbocycles. The highest BCUT2D eigenvalue weighted by atomic mass is 32.1. The van der Waals surface area contributed by atoms with E-state index in [0.29, 0.717) is 6.54 Å². The van der Waals surface area contributed by atoms with E-state index in [2.05, 4.69) is 0 Å². The van der Waals surface area contributed by atoms with E-state index in [9.17, 15) is 9.18 Å². The van der Waals surface area contributed by atoms with E-state index in [0.717, 1.165) is 10.4 Å². The predicted molar refractivity (Wildman–Crippen MR) is 72.0 cm³/mol. The minimum atomic E-state index is -0.459. The zero-order chi connectivity index (χ0) is 13.4. The molecule has 1 aliphatic heterocycles. The van der Waals surface area contributed by atoms with Crippen molar-refractivity contribution in [1.29, 1.82) is 0 Å². The Hall–Kier alpha value is -1.72. The summed E-state index contributed by atoms with van der Waals surface area (Å²) in [6.45, 7) is 0.468. The number of benzene rings is 1. The average Bonchev–Trinajstić information content (AvgIpc) is 2.93. The van der Waals surface area contributed by atoms with Crippen LogP contribution in [0, 0.1) is 5.82 Å². The summed E-state index contributed by atoms with van der Waals surface area (Å²) >= 11 is 1.60. The Balaban J connectivity index is 1.79. The van der Waals surface area contributed by atoms with Crippen molar-refractivity contribution in [2.75, 3.05) is 0 Å². The van der Waals surface area contributed by atoms with Gasteiger partial charge >= 0.3 is 0 Å². The van der Waals surface area contributed by atoms with Gasteiger partial charge in [-0.1, -0.05) is 18.2 Å². The fourth-order valence-corrected chi connectivity index (χ4v) is 3.21. The molecule has 0 spiro atoms. The summed E-state index contributed by atoms with van der Waals surface area (Å²) in [4.78, 5) is 14.7. The van der Waals surface area contributed by atoms with Crippen LogP contribution in [0.15, 0.2) is 41.8 Å². The highest BCUT2D eigenvalue weighted by Crippen LogP contribution is 2.37. The lowest BCUT2D eigenvalue weighted by atomic mass is 9.93. The molecule has 2 aromatic rings. The predicted octanol–water partition coefficient (Wildman–Crippen LogP) is 2.30. The van der Waals surface area contributed by atoms with Gasteiger partial charge in [0.15, 0.2) is 0 Å². The molecule has 0 radical (unpaired) electrons. The minimum Gasteiger partial charge on any atom is -0.327 e. The lowest BCUT2D eigenvalue weighted by Crippen LogP contribution is -2.62. The molecule has 1 aromatic heterocycles. The van der Waals surface area contributed by atoms with Crippen molar-refractivity contribution in [1.82, 2.24) is 4.90 Å². The number of hydrogen-bond donors (Lipinski definition) is 1. The molecule has 0 bridgehead atoms. The van der Waals surface area contributed by atoms with Gasteiger partial charge in [-0.15, -0.1) is 11.3 Å². The molecule has 0 unspecified atom stereocenters. The highest BCUT2D eigenvalue weighted by Gasteiger charge is 2.45. The van der Waals surface area contributed by atoms with Crippen molar-refractivity contribution in [3.8, 4) is 0 Å². The number of nitrogens with zero attached hydrogens (tertiary/aromatic N) is 1. The topological polar surface area (TPSA) is 46.3 Å². The Kier molecular flexibility index (Phi) is 3.08. The van der Waals surface area contributed by atoms with E-state index >= 15 is 0 Å². The zero-order valence-electron chi connectivity index (χ0n) is 10.1. The Bertz CT molecular complexity index is 582. The van der Waals surface area contributed by atoms with Gasteiger partial charge in [-0.3, -0.25) is 4.79 Å². The first kappa shape index (κ1) is 12.3. The van der Waals surface area contributed by atoms with Crippen LogP contribution in [0.2, 0.25) is 0 Å². The normalized spacial score (nSPS) is 22.4. The van der Waals surface area contributed by atoms with E-state index in [1.807, 2.05) is 17.5 Å². The molecule has 3 rings (SSSR count). The standard InChI is InChI=1S/C14H13FN2OS/c15-10-5-3-9(4-6-10)8-17-13(12(16)14(17)18)11-2-1-7-19-11/h1-7,12-13H,8,16H2/t12-,13+/m1/s1. The maximum Gasteiger partial charge on any atom is 0.242 e. The molecule has 5 heteroatoms. The van der Waals surface area contributed by atoms with E-state index < -0.39 is 6.04 Å². The third-order valence-electron chi connectivity index (χ3n) is 3.35. The summed E-state index contributed by atoms with van der Waals surface area (Å²) in [5.41, 5.74) is 6.79. The monoisotopic (exact) mass is 276 g/mol. The van der Waals surface area contributed by atoms with Crippen LogP contribution in [0.3, 0.4) is 0 Å². The largest absolute Gasteiger partial charge is 0.327 e. The molecule has 0 saturated carbocycles. The van der Waals surface area contributed by atoms with Gasteiger partial charge in [0.05, 0.1) is 6.04 Å². The molecular formula is C14H13FN2OS. The molecular weight excluding hydrogens is 263 g/mol. The fraction of sp³-hybridized carbons (Fsp3) is 0.214. The van der Waals surface area contributed by atoms with Gasteiger partial charge in [0, 0.05) is 11.4 Å². The zero-order valence-corrected chi connectivity index (χ0v) is 10.9. The number of halogens is 1. The minimum absolute atomic E-state index is 0.0530. The first-order valence-electron chi connectivity index (χ1n) is 6.01. The maximum atomic E-state index is 12.9. The summed E-state index contributed by atoms with van der Waals surface area (Å²) in [6.07, 6.45) is 0. The molecule has 98 valence electrons. The lowest BCUT2D eigenvalue weighted by Gasteiger charge is -2.45. The molecule has 3 nitrogen and oxygen atoms in total. The lowest BCUT2D eigenvalue weighted by molar-refractivity contribution is -0.150. The molecule has 1 aromatic carbocycles. The number of carbonyl (C=O) groups is 1. The van der Waals surface area contributed by atoms with Crippen molar-refractivity contribution in [3.63, 3.8) is 0 Å². The summed E-state index contributed by atoms with van der Waals surface area (Å²) in [7, 11) is 0. The van der Waals surface area contributed by atoms with Crippen molar-refractivity contribution in [3.05, 3.63) is 58.0 Å². The van der Waals surface area contributed by atoms with Crippen molar-refractivity contribution in [2.45, 2.75) is 18.6 Å². The maximum absolute atomic E-state index is 12.9. The number of nitrogens with two attached hydrogens (primary N) is 1. The van der Waals surface area contributed by atoms with Gasteiger partial charge in [-0.2, -0.15) is 0 Å². The van der Waals surface area contributed by atoms with E-state index in [1.165, 1.54) is 12.1 Å². The van der Waals surface area contributed by atoms with Crippen LogP contribution in [-0.2, 0) is 11.3 Å². The molecule has 1 aliphatic rings. The first-order valence-corrected chi connectivity index (χ1v) is 6.88. The summed E-state index contributed by atoms with van der Waals surface area (Å²) < 4.78 is 12.9. The number of β-lactam (4-membered cyclic amide) rings is 1. The van der Waals surface area contributed by atoms with E-state index in [-0.39, 0.29) is 17.8 Å². The third-order valence-corrected chi connectivity index (χ3v) is 4.29. The van der Waals surface area contributed by atoms with Crippen LogP contribution in [0.4, 0.5) is 4.39 Å². The van der Waals surface area contributed by atoms with Crippen LogP contribution in [-0.4, -0.2) is 16.8 Å². The van der Waals surface area contributed by atoms with Crippen LogP contribution >= 0.6 is 11.3 Å². The fourth-order valence-electron chi connectivity index (χ4n) is 2.33. The summed E-state index contributed by atoms with van der Waals surface area (Å²) in [5.74, 6) is -0.326. The highest BCUT2D eigenvalue weighted by molar-refractivity contribution is 7.10. The van der Waals surface area contributed by atoms with Gasteiger partial charge in [-0.05, 0) is 29.1 Å². The Morgan fingerprint density at radius 2 is 2.00 bits per heavy atom. The van der Waals surface area contributed by atoms with Crippen molar-refractivity contribution >= 4 is 17.2 Å². The van der Waals surface area contributed by atoms with Crippen LogP contribution in [0.25, 0.3) is 0 Å². The molecule has 19 heavy (non-hydrogen) atoms. The van der Waals surface area contributed by atoms with Gasteiger partial charge in [-0.25, -0.2) is 4.39 Å². The SMILES string of the molecule is N[C@H]1C(=O)N(Cc2ccc(F)cc2)[C@H]1c1cccs1. The van der Waals surface area contributed by atoms with E-state index in [1.54, 1.807) is 28.4 Å². The molecule has 2 atom stereocenters. The smallest absolute Gasteiger partial charge is 0.242 e.